The summed E-state index contributed by atoms with van der Waals surface area (Å²) in [5.41, 5.74) is 0.900. The van der Waals surface area contributed by atoms with E-state index >= 15 is 0 Å². The van der Waals surface area contributed by atoms with Crippen molar-refractivity contribution in [2.24, 2.45) is 0 Å². The Balaban J connectivity index is 1.66. The van der Waals surface area contributed by atoms with Gasteiger partial charge in [-0.3, -0.25) is 4.79 Å². The average Bonchev–Trinajstić information content (AvgIpc) is 3.10. The van der Waals surface area contributed by atoms with Crippen molar-refractivity contribution in [3.8, 4) is 10.6 Å². The lowest BCUT2D eigenvalue weighted by atomic mass is 10.3. The monoisotopic (exact) mass is 384 g/mol. The van der Waals surface area contributed by atoms with Gasteiger partial charge in [0.05, 0.1) is 20.8 Å². The fourth-order valence-corrected chi connectivity index (χ4v) is 4.48. The van der Waals surface area contributed by atoms with Crippen LogP contribution in [0.2, 0.25) is 0 Å². The molecule has 0 saturated heterocycles. The second kappa shape index (κ2) is 6.17. The molecule has 0 saturated carbocycles. The van der Waals surface area contributed by atoms with Crippen molar-refractivity contribution in [1.29, 1.82) is 0 Å². The number of rotatable bonds is 4. The zero-order valence-corrected chi connectivity index (χ0v) is 14.2. The molecule has 1 N–H and O–H groups in total. The summed E-state index contributed by atoms with van der Waals surface area (Å²) in [4.78, 5) is 18.5. The van der Waals surface area contributed by atoms with Crippen LogP contribution in [0.5, 0.6) is 0 Å². The van der Waals surface area contributed by atoms with E-state index in [4.69, 9.17) is 0 Å². The molecule has 1 amide bonds. The van der Waals surface area contributed by atoms with E-state index in [0.717, 1.165) is 19.2 Å². The van der Waals surface area contributed by atoms with E-state index in [1.54, 1.807) is 22.7 Å². The van der Waals surface area contributed by atoms with Crippen molar-refractivity contribution in [2.45, 2.75) is 6.42 Å². The predicted molar refractivity (Wildman–Crippen MR) is 89.8 cm³/mol. The van der Waals surface area contributed by atoms with Crippen LogP contribution in [0.3, 0.4) is 0 Å². The topological polar surface area (TPSA) is 42.0 Å². The highest BCUT2D eigenvalue weighted by atomic mass is 79.9. The van der Waals surface area contributed by atoms with Crippen molar-refractivity contribution in [2.75, 3.05) is 5.32 Å². The van der Waals surface area contributed by atoms with E-state index in [9.17, 15) is 4.79 Å². The third kappa shape index (κ3) is 3.35. The van der Waals surface area contributed by atoms with Crippen LogP contribution < -0.4 is 5.32 Å². The van der Waals surface area contributed by atoms with Gasteiger partial charge < -0.3 is 5.32 Å². The van der Waals surface area contributed by atoms with Gasteiger partial charge in [-0.1, -0.05) is 6.07 Å². The Morgan fingerprint density at radius 2 is 2.20 bits per heavy atom. The van der Waals surface area contributed by atoms with E-state index in [1.165, 1.54) is 11.3 Å². The van der Waals surface area contributed by atoms with Crippen molar-refractivity contribution in [3.63, 3.8) is 0 Å². The molecule has 0 aliphatic rings. The summed E-state index contributed by atoms with van der Waals surface area (Å²) in [6, 6.07) is 7.92. The minimum Gasteiger partial charge on any atom is -0.302 e. The van der Waals surface area contributed by atoms with Gasteiger partial charge in [-0.2, -0.15) is 0 Å². The fourth-order valence-electron chi connectivity index (χ4n) is 1.63. The lowest BCUT2D eigenvalue weighted by Crippen LogP contribution is -2.13. The molecule has 0 spiro atoms. The fraction of sp³-hybridized carbons (Fsp3) is 0.0769. The third-order valence-electron chi connectivity index (χ3n) is 2.49. The Labute approximate surface area is 136 Å². The van der Waals surface area contributed by atoms with Crippen molar-refractivity contribution in [1.82, 2.24) is 4.98 Å². The zero-order valence-electron chi connectivity index (χ0n) is 10.1. The van der Waals surface area contributed by atoms with Crippen LogP contribution >= 0.6 is 49.9 Å². The molecule has 20 heavy (non-hydrogen) atoms. The van der Waals surface area contributed by atoms with Gasteiger partial charge in [0.15, 0.2) is 5.13 Å². The maximum absolute atomic E-state index is 11.9. The van der Waals surface area contributed by atoms with Gasteiger partial charge in [-0.15, -0.1) is 34.0 Å². The average molecular weight is 385 g/mol. The van der Waals surface area contributed by atoms with E-state index in [0.29, 0.717) is 11.6 Å². The molecular formula is C13H9BrN2OS3. The number of thiazole rings is 1. The molecule has 3 aromatic heterocycles. The maximum Gasteiger partial charge on any atom is 0.231 e. The van der Waals surface area contributed by atoms with Gasteiger partial charge in [-0.05, 0) is 39.5 Å². The first-order valence-corrected chi connectivity index (χ1v) is 9.11. The van der Waals surface area contributed by atoms with Crippen LogP contribution in [0.4, 0.5) is 5.13 Å². The Bertz CT molecular complexity index is 718. The van der Waals surface area contributed by atoms with Crippen LogP contribution in [-0.4, -0.2) is 10.9 Å². The number of thiophene rings is 2. The number of hydrogen-bond donors (Lipinski definition) is 1. The van der Waals surface area contributed by atoms with E-state index in [1.807, 2.05) is 35.0 Å². The number of carbonyl (C=O) groups excluding carboxylic acids is 1. The molecule has 0 bridgehead atoms. The van der Waals surface area contributed by atoms with Crippen molar-refractivity contribution in [3.05, 3.63) is 43.7 Å². The number of halogens is 1. The second-order valence-corrected chi connectivity index (χ2v) is 8.30. The smallest absolute Gasteiger partial charge is 0.231 e. The molecule has 3 aromatic rings. The lowest BCUT2D eigenvalue weighted by Gasteiger charge is -1.99. The maximum atomic E-state index is 11.9. The first-order valence-electron chi connectivity index (χ1n) is 5.74. The number of aromatic nitrogens is 1. The standard InChI is InChI=1S/C13H9BrN2OS3/c14-11-4-3-10(20-11)9-7-19-13(15-9)16-12(17)6-8-2-1-5-18-8/h1-5,7H,6H2,(H,15,16,17). The number of nitrogens with one attached hydrogen (secondary N) is 1. The van der Waals surface area contributed by atoms with Gasteiger partial charge in [0.1, 0.15) is 0 Å². The molecule has 0 fully saturated rings. The number of carbonyl (C=O) groups is 1. The molecule has 102 valence electrons. The van der Waals surface area contributed by atoms with Crippen LogP contribution in [0.1, 0.15) is 4.88 Å². The van der Waals surface area contributed by atoms with Gasteiger partial charge in [-0.25, -0.2) is 4.98 Å². The largest absolute Gasteiger partial charge is 0.302 e. The summed E-state index contributed by atoms with van der Waals surface area (Å²) >= 11 is 8.09. The molecule has 0 aliphatic heterocycles. The number of nitrogens with zero attached hydrogens (tertiary/aromatic N) is 1. The van der Waals surface area contributed by atoms with Crippen molar-refractivity contribution < 1.29 is 4.79 Å². The molecule has 0 aliphatic carbocycles. The normalized spacial score (nSPS) is 10.7. The van der Waals surface area contributed by atoms with Crippen LogP contribution in [0.15, 0.2) is 38.8 Å². The molecule has 0 aromatic carbocycles. The quantitative estimate of drug-likeness (QED) is 0.696. The van der Waals surface area contributed by atoms with Gasteiger partial charge in [0.2, 0.25) is 5.91 Å². The van der Waals surface area contributed by atoms with E-state index < -0.39 is 0 Å². The Morgan fingerprint density at radius 1 is 1.30 bits per heavy atom. The zero-order chi connectivity index (χ0) is 13.9. The molecular weight excluding hydrogens is 376 g/mol. The number of amides is 1. The minimum atomic E-state index is -0.0271. The van der Waals surface area contributed by atoms with E-state index in [-0.39, 0.29) is 5.91 Å². The highest BCUT2D eigenvalue weighted by Gasteiger charge is 2.10. The summed E-state index contributed by atoms with van der Waals surface area (Å²) in [5.74, 6) is -0.0271. The SMILES string of the molecule is O=C(Cc1cccs1)Nc1nc(-c2ccc(Br)s2)cs1. The van der Waals surface area contributed by atoms with Crippen LogP contribution in [-0.2, 0) is 11.2 Å². The molecule has 0 atom stereocenters. The molecule has 7 heteroatoms. The van der Waals surface area contributed by atoms with Gasteiger partial charge >= 0.3 is 0 Å². The summed E-state index contributed by atoms with van der Waals surface area (Å²) < 4.78 is 1.07. The second-order valence-electron chi connectivity index (χ2n) is 3.95. The summed E-state index contributed by atoms with van der Waals surface area (Å²) in [6.07, 6.45) is 0.400. The highest BCUT2D eigenvalue weighted by molar-refractivity contribution is 9.11. The predicted octanol–water partition coefficient (Wildman–Crippen LogP) is 4.88. The Hall–Kier alpha value is -1.02. The Kier molecular flexibility index (Phi) is 4.30. The lowest BCUT2D eigenvalue weighted by molar-refractivity contribution is -0.115. The Morgan fingerprint density at radius 3 is 2.90 bits per heavy atom. The molecule has 0 unspecified atom stereocenters. The number of hydrogen-bond acceptors (Lipinski definition) is 5. The number of anilines is 1. The van der Waals surface area contributed by atoms with Crippen molar-refractivity contribution >= 4 is 61.0 Å². The van der Waals surface area contributed by atoms with Gasteiger partial charge in [0, 0.05) is 10.3 Å². The minimum absolute atomic E-state index is 0.0271. The van der Waals surface area contributed by atoms with Gasteiger partial charge in [0.25, 0.3) is 0 Å². The molecule has 3 heterocycles. The van der Waals surface area contributed by atoms with E-state index in [2.05, 4.69) is 26.2 Å². The third-order valence-corrected chi connectivity index (χ3v) is 5.77. The van der Waals surface area contributed by atoms with Crippen LogP contribution in [0, 0.1) is 0 Å². The first-order chi connectivity index (χ1) is 9.70. The molecule has 0 radical (unpaired) electrons. The molecule has 3 nitrogen and oxygen atoms in total. The first kappa shape index (κ1) is 13.9. The summed E-state index contributed by atoms with van der Waals surface area (Å²) in [6.45, 7) is 0. The molecule has 3 rings (SSSR count). The van der Waals surface area contributed by atoms with Crippen LogP contribution in [0.25, 0.3) is 10.6 Å². The summed E-state index contributed by atoms with van der Waals surface area (Å²) in [5, 5.41) is 7.42. The highest BCUT2D eigenvalue weighted by Crippen LogP contribution is 2.33. The summed E-state index contributed by atoms with van der Waals surface area (Å²) in [7, 11) is 0.